The van der Waals surface area contributed by atoms with Crippen molar-refractivity contribution < 1.29 is 9.32 Å². The molecule has 0 saturated heterocycles. The number of rotatable bonds is 5. The zero-order chi connectivity index (χ0) is 17.1. The van der Waals surface area contributed by atoms with E-state index in [9.17, 15) is 4.79 Å². The number of carbonyl (C=O) groups is 1. The van der Waals surface area contributed by atoms with Crippen LogP contribution in [0.4, 0.5) is 0 Å². The lowest BCUT2D eigenvalue weighted by Gasteiger charge is -2.06. The van der Waals surface area contributed by atoms with E-state index in [0.29, 0.717) is 23.6 Å². The average molecular weight is 324 g/mol. The highest BCUT2D eigenvalue weighted by molar-refractivity contribution is 5.96. The lowest BCUT2D eigenvalue weighted by atomic mass is 10.0. The molecule has 2 aromatic heterocycles. The maximum absolute atomic E-state index is 12.5. The second kappa shape index (κ2) is 6.70. The molecule has 24 heavy (non-hydrogen) atoms. The summed E-state index contributed by atoms with van der Waals surface area (Å²) in [7, 11) is 0. The summed E-state index contributed by atoms with van der Waals surface area (Å²) in [5.74, 6) is 0.544. The highest BCUT2D eigenvalue weighted by atomic mass is 16.5. The van der Waals surface area contributed by atoms with Gasteiger partial charge >= 0.3 is 0 Å². The Labute approximate surface area is 140 Å². The highest BCUT2D eigenvalue weighted by Gasteiger charge is 2.22. The minimum Gasteiger partial charge on any atom is -0.360 e. The first kappa shape index (κ1) is 16.0. The Hall–Kier alpha value is -2.89. The predicted octanol–water partition coefficient (Wildman–Crippen LogP) is 3.22. The van der Waals surface area contributed by atoms with E-state index in [4.69, 9.17) is 4.52 Å². The molecule has 0 radical (unpaired) electrons. The minimum absolute atomic E-state index is 0.104. The predicted molar refractivity (Wildman–Crippen MR) is 90.1 cm³/mol. The fraction of sp³-hybridized carbons (Fsp3) is 0.278. The fourth-order valence-corrected chi connectivity index (χ4v) is 2.50. The van der Waals surface area contributed by atoms with Crippen molar-refractivity contribution in [3.8, 4) is 5.69 Å². The van der Waals surface area contributed by atoms with Gasteiger partial charge in [0.15, 0.2) is 5.76 Å². The van der Waals surface area contributed by atoms with Crippen molar-refractivity contribution >= 4 is 5.91 Å². The van der Waals surface area contributed by atoms with E-state index in [1.807, 2.05) is 50.4 Å². The van der Waals surface area contributed by atoms with Crippen molar-refractivity contribution in [1.29, 1.82) is 0 Å². The van der Waals surface area contributed by atoms with Crippen molar-refractivity contribution in [3.63, 3.8) is 0 Å². The van der Waals surface area contributed by atoms with Crippen LogP contribution < -0.4 is 5.32 Å². The smallest absolute Gasteiger partial charge is 0.257 e. The molecule has 0 bridgehead atoms. The molecule has 1 N–H and O–H groups in total. The Morgan fingerprint density at radius 2 is 2.04 bits per heavy atom. The molecular weight excluding hydrogens is 304 g/mol. The van der Waals surface area contributed by atoms with Crippen LogP contribution in [0.5, 0.6) is 0 Å². The van der Waals surface area contributed by atoms with E-state index in [2.05, 4.69) is 15.6 Å². The van der Waals surface area contributed by atoms with Gasteiger partial charge in [-0.3, -0.25) is 4.79 Å². The van der Waals surface area contributed by atoms with Gasteiger partial charge in [-0.25, -0.2) is 4.68 Å². The number of para-hydroxylation sites is 1. The lowest BCUT2D eigenvalue weighted by Crippen LogP contribution is -2.24. The van der Waals surface area contributed by atoms with Gasteiger partial charge in [-0.2, -0.15) is 5.10 Å². The summed E-state index contributed by atoms with van der Waals surface area (Å²) in [4.78, 5) is 12.5. The van der Waals surface area contributed by atoms with Gasteiger partial charge in [-0.15, -0.1) is 0 Å². The van der Waals surface area contributed by atoms with Crippen molar-refractivity contribution in [2.75, 3.05) is 0 Å². The zero-order valence-corrected chi connectivity index (χ0v) is 14.0. The summed E-state index contributed by atoms with van der Waals surface area (Å²) in [6.07, 6.45) is 3.65. The van der Waals surface area contributed by atoms with E-state index in [0.717, 1.165) is 11.3 Å². The van der Waals surface area contributed by atoms with Crippen LogP contribution in [0, 0.1) is 6.92 Å². The van der Waals surface area contributed by atoms with E-state index in [1.165, 1.54) is 0 Å². The number of aryl methyl sites for hydroxylation is 1. The van der Waals surface area contributed by atoms with Crippen LogP contribution in [0.3, 0.4) is 0 Å². The third-order valence-corrected chi connectivity index (χ3v) is 3.75. The summed E-state index contributed by atoms with van der Waals surface area (Å²) in [6, 6.07) is 9.83. The molecule has 0 aliphatic heterocycles. The number of benzene rings is 1. The summed E-state index contributed by atoms with van der Waals surface area (Å²) in [6.45, 7) is 6.12. The number of hydrogen-bond donors (Lipinski definition) is 1. The highest BCUT2D eigenvalue weighted by Crippen LogP contribution is 2.22. The topological polar surface area (TPSA) is 73.0 Å². The van der Waals surface area contributed by atoms with Crippen molar-refractivity contribution in [1.82, 2.24) is 20.3 Å². The largest absolute Gasteiger partial charge is 0.360 e. The Morgan fingerprint density at radius 3 is 2.75 bits per heavy atom. The molecule has 3 aromatic rings. The lowest BCUT2D eigenvalue weighted by molar-refractivity contribution is 0.0948. The number of carbonyl (C=O) groups excluding carboxylic acids is 1. The Kier molecular flexibility index (Phi) is 4.46. The normalized spacial score (nSPS) is 11.0. The number of hydrogen-bond acceptors (Lipinski definition) is 4. The van der Waals surface area contributed by atoms with Crippen LogP contribution >= 0.6 is 0 Å². The SMILES string of the molecule is Cc1noc(C(C)C)c1C(=O)NCc1cnn(-c2ccccc2)c1. The molecular formula is C18H20N4O2. The van der Waals surface area contributed by atoms with E-state index >= 15 is 0 Å². The fourth-order valence-electron chi connectivity index (χ4n) is 2.50. The molecule has 0 aliphatic carbocycles. The van der Waals surface area contributed by atoms with Gasteiger partial charge in [-0.1, -0.05) is 37.2 Å². The monoisotopic (exact) mass is 324 g/mol. The van der Waals surface area contributed by atoms with Gasteiger partial charge in [0, 0.05) is 24.2 Å². The second-order valence-corrected chi connectivity index (χ2v) is 5.97. The Bertz CT molecular complexity index is 834. The van der Waals surface area contributed by atoms with Crippen LogP contribution in [0.1, 0.15) is 47.1 Å². The second-order valence-electron chi connectivity index (χ2n) is 5.97. The van der Waals surface area contributed by atoms with Gasteiger partial charge in [0.25, 0.3) is 5.91 Å². The summed E-state index contributed by atoms with van der Waals surface area (Å²) >= 11 is 0. The van der Waals surface area contributed by atoms with Crippen molar-refractivity contribution in [2.45, 2.75) is 33.2 Å². The van der Waals surface area contributed by atoms with Crippen molar-refractivity contribution in [2.24, 2.45) is 0 Å². The molecule has 1 amide bonds. The van der Waals surface area contributed by atoms with E-state index in [1.54, 1.807) is 17.8 Å². The third kappa shape index (κ3) is 3.22. The maximum atomic E-state index is 12.5. The van der Waals surface area contributed by atoms with E-state index < -0.39 is 0 Å². The third-order valence-electron chi connectivity index (χ3n) is 3.75. The Balaban J connectivity index is 1.70. The summed E-state index contributed by atoms with van der Waals surface area (Å²) in [5.41, 5.74) is 3.04. The number of amides is 1. The molecule has 6 heteroatoms. The first-order chi connectivity index (χ1) is 11.6. The molecule has 1 aromatic carbocycles. The Morgan fingerprint density at radius 1 is 1.29 bits per heavy atom. The van der Waals surface area contributed by atoms with Crippen LogP contribution in [0.25, 0.3) is 5.69 Å². The van der Waals surface area contributed by atoms with Crippen LogP contribution in [-0.2, 0) is 6.54 Å². The molecule has 0 aliphatic rings. The molecule has 6 nitrogen and oxygen atoms in total. The molecule has 0 spiro atoms. The minimum atomic E-state index is -0.176. The molecule has 3 rings (SSSR count). The number of nitrogens with one attached hydrogen (secondary N) is 1. The maximum Gasteiger partial charge on any atom is 0.257 e. The quantitative estimate of drug-likeness (QED) is 0.782. The van der Waals surface area contributed by atoms with E-state index in [-0.39, 0.29) is 11.8 Å². The van der Waals surface area contributed by atoms with Crippen LogP contribution in [0.15, 0.2) is 47.2 Å². The number of nitrogens with zero attached hydrogens (tertiary/aromatic N) is 3. The molecule has 2 heterocycles. The first-order valence-corrected chi connectivity index (χ1v) is 7.89. The molecule has 0 atom stereocenters. The summed E-state index contributed by atoms with van der Waals surface area (Å²) in [5, 5.41) is 11.1. The molecule has 124 valence electrons. The van der Waals surface area contributed by atoms with Crippen LogP contribution in [0.2, 0.25) is 0 Å². The zero-order valence-electron chi connectivity index (χ0n) is 14.0. The average Bonchev–Trinajstić information content (AvgIpc) is 3.20. The molecule has 0 saturated carbocycles. The molecule has 0 fully saturated rings. The van der Waals surface area contributed by atoms with Gasteiger partial charge < -0.3 is 9.84 Å². The van der Waals surface area contributed by atoms with Crippen molar-refractivity contribution in [3.05, 3.63) is 65.3 Å². The van der Waals surface area contributed by atoms with Gasteiger partial charge in [0.05, 0.1) is 17.6 Å². The van der Waals surface area contributed by atoms with Gasteiger partial charge in [0.2, 0.25) is 0 Å². The van der Waals surface area contributed by atoms with Gasteiger partial charge in [-0.05, 0) is 19.1 Å². The van der Waals surface area contributed by atoms with Crippen LogP contribution in [-0.4, -0.2) is 20.8 Å². The number of aromatic nitrogens is 3. The van der Waals surface area contributed by atoms with Gasteiger partial charge in [0.1, 0.15) is 5.56 Å². The summed E-state index contributed by atoms with van der Waals surface area (Å²) < 4.78 is 7.05. The first-order valence-electron chi connectivity index (χ1n) is 7.89. The molecule has 0 unspecified atom stereocenters. The standard InChI is InChI=1S/C18H20N4O2/c1-12(2)17-16(13(3)21-24-17)18(23)19-9-14-10-20-22(11-14)15-7-5-4-6-8-15/h4-8,10-12H,9H2,1-3H3,(H,19,23).